The van der Waals surface area contributed by atoms with Gasteiger partial charge in [0.05, 0.1) is 13.2 Å². The number of rotatable bonds is 1. The van der Waals surface area contributed by atoms with E-state index >= 15 is 0 Å². The van der Waals surface area contributed by atoms with Gasteiger partial charge < -0.3 is 19.4 Å². The number of thiophene rings is 1. The number of hydrogen-bond acceptors (Lipinski definition) is 4. The molecule has 2 aliphatic rings. The van der Waals surface area contributed by atoms with Gasteiger partial charge in [0.25, 0.3) is 5.91 Å². The van der Waals surface area contributed by atoms with E-state index in [1.807, 2.05) is 17.5 Å². The number of likely N-dealkylation sites (N-methyl/N-ethyl adjacent to an activating group) is 1. The summed E-state index contributed by atoms with van der Waals surface area (Å²) in [5.74, 6) is -0.00897. The van der Waals surface area contributed by atoms with Gasteiger partial charge in [-0.1, -0.05) is 6.07 Å². The second-order valence-corrected chi connectivity index (χ2v) is 6.23. The summed E-state index contributed by atoms with van der Waals surface area (Å²) in [6.07, 6.45) is 0. The third-order valence-electron chi connectivity index (χ3n) is 3.94. The Kier molecular flexibility index (Phi) is 4.12. The van der Waals surface area contributed by atoms with E-state index in [2.05, 4.69) is 0 Å². The van der Waals surface area contributed by atoms with E-state index in [4.69, 9.17) is 4.74 Å². The number of carbonyl (C=O) groups excluding carboxylic acids is 2. The molecular formula is C14H19N3O3S. The van der Waals surface area contributed by atoms with Crippen molar-refractivity contribution in [2.75, 3.05) is 46.4 Å². The summed E-state index contributed by atoms with van der Waals surface area (Å²) in [5.41, 5.74) is 0. The fraction of sp³-hybridized carbons (Fsp3) is 0.571. The zero-order valence-corrected chi connectivity index (χ0v) is 12.8. The maximum absolute atomic E-state index is 12.7. The molecule has 3 rings (SSSR count). The molecule has 2 saturated heterocycles. The summed E-state index contributed by atoms with van der Waals surface area (Å²) in [6.45, 7) is 3.47. The summed E-state index contributed by atoms with van der Waals surface area (Å²) < 4.78 is 5.29. The van der Waals surface area contributed by atoms with Gasteiger partial charge in [0.1, 0.15) is 6.04 Å². The smallest absolute Gasteiger partial charge is 0.321 e. The standard InChI is InChI=1S/C14H19N3O3S/c1-15-4-5-17(14(19)16-6-8-20-9-7-16)12(13(15)18)11-3-2-10-21-11/h2-3,10,12H,4-9H2,1H3. The minimum absolute atomic E-state index is 0.00897. The molecule has 1 aromatic heterocycles. The maximum atomic E-state index is 12.7. The van der Waals surface area contributed by atoms with Crippen molar-refractivity contribution >= 4 is 23.3 Å². The van der Waals surface area contributed by atoms with E-state index in [1.165, 1.54) is 11.3 Å². The van der Waals surface area contributed by atoms with Crippen LogP contribution >= 0.6 is 11.3 Å². The van der Waals surface area contributed by atoms with Crippen LogP contribution in [-0.2, 0) is 9.53 Å². The molecule has 2 aliphatic heterocycles. The summed E-state index contributed by atoms with van der Waals surface area (Å²) in [7, 11) is 1.79. The van der Waals surface area contributed by atoms with E-state index in [9.17, 15) is 9.59 Å². The number of piperazine rings is 1. The Morgan fingerprint density at radius 3 is 2.71 bits per heavy atom. The van der Waals surface area contributed by atoms with Crippen molar-refractivity contribution in [3.05, 3.63) is 22.4 Å². The molecule has 1 atom stereocenters. The highest BCUT2D eigenvalue weighted by atomic mass is 32.1. The van der Waals surface area contributed by atoms with Crippen LogP contribution in [0.25, 0.3) is 0 Å². The molecule has 3 amide bonds. The van der Waals surface area contributed by atoms with E-state index in [1.54, 1.807) is 21.7 Å². The average Bonchev–Trinajstić information content (AvgIpc) is 3.04. The highest BCUT2D eigenvalue weighted by Gasteiger charge is 2.39. The van der Waals surface area contributed by atoms with Crippen molar-refractivity contribution in [3.63, 3.8) is 0 Å². The van der Waals surface area contributed by atoms with Crippen molar-refractivity contribution < 1.29 is 14.3 Å². The van der Waals surface area contributed by atoms with Gasteiger partial charge in [0.2, 0.25) is 0 Å². The monoisotopic (exact) mass is 309 g/mol. The van der Waals surface area contributed by atoms with Gasteiger partial charge in [-0.25, -0.2) is 4.79 Å². The van der Waals surface area contributed by atoms with Crippen LogP contribution in [0.4, 0.5) is 4.79 Å². The van der Waals surface area contributed by atoms with Crippen LogP contribution < -0.4 is 0 Å². The van der Waals surface area contributed by atoms with Crippen LogP contribution in [0.5, 0.6) is 0 Å². The zero-order chi connectivity index (χ0) is 14.8. The lowest BCUT2D eigenvalue weighted by molar-refractivity contribution is -0.139. The van der Waals surface area contributed by atoms with Crippen LogP contribution in [0.3, 0.4) is 0 Å². The minimum Gasteiger partial charge on any atom is -0.378 e. The number of amides is 3. The summed E-state index contributed by atoms with van der Waals surface area (Å²) in [4.78, 5) is 31.4. The molecule has 0 N–H and O–H groups in total. The van der Waals surface area contributed by atoms with Gasteiger partial charge in [-0.2, -0.15) is 0 Å². The van der Waals surface area contributed by atoms with Gasteiger partial charge in [-0.05, 0) is 11.4 Å². The lowest BCUT2D eigenvalue weighted by atomic mass is 10.1. The van der Waals surface area contributed by atoms with Crippen molar-refractivity contribution in [1.82, 2.24) is 14.7 Å². The second kappa shape index (κ2) is 6.03. The summed E-state index contributed by atoms with van der Waals surface area (Å²) in [5, 5.41) is 1.94. The van der Waals surface area contributed by atoms with Crippen molar-refractivity contribution in [1.29, 1.82) is 0 Å². The van der Waals surface area contributed by atoms with Gasteiger partial charge in [0.15, 0.2) is 0 Å². The molecule has 0 aliphatic carbocycles. The van der Waals surface area contributed by atoms with Gasteiger partial charge >= 0.3 is 6.03 Å². The molecule has 6 nitrogen and oxygen atoms in total. The number of hydrogen-bond donors (Lipinski definition) is 0. The first-order valence-corrected chi connectivity index (χ1v) is 7.98. The SMILES string of the molecule is CN1CCN(C(=O)N2CCOCC2)C(c2cccs2)C1=O. The molecule has 7 heteroatoms. The third kappa shape index (κ3) is 2.75. The number of carbonyl (C=O) groups is 2. The topological polar surface area (TPSA) is 53.1 Å². The van der Waals surface area contributed by atoms with Crippen molar-refractivity contribution in [2.24, 2.45) is 0 Å². The molecule has 114 valence electrons. The molecule has 0 saturated carbocycles. The quantitative estimate of drug-likeness (QED) is 0.778. The third-order valence-corrected chi connectivity index (χ3v) is 4.86. The van der Waals surface area contributed by atoms with Gasteiger partial charge in [-0.15, -0.1) is 11.3 Å². The van der Waals surface area contributed by atoms with Crippen LogP contribution in [0.1, 0.15) is 10.9 Å². The highest BCUT2D eigenvalue weighted by molar-refractivity contribution is 7.10. The van der Waals surface area contributed by atoms with Crippen LogP contribution in [0, 0.1) is 0 Å². The van der Waals surface area contributed by atoms with Crippen LogP contribution in [-0.4, -0.2) is 73.1 Å². The molecule has 0 spiro atoms. The first-order valence-electron chi connectivity index (χ1n) is 7.10. The number of morpholine rings is 1. The summed E-state index contributed by atoms with van der Waals surface area (Å²) >= 11 is 1.52. The molecular weight excluding hydrogens is 290 g/mol. The normalized spacial score (nSPS) is 23.6. The van der Waals surface area contributed by atoms with E-state index in [-0.39, 0.29) is 11.9 Å². The second-order valence-electron chi connectivity index (χ2n) is 5.25. The molecule has 1 unspecified atom stereocenters. The number of urea groups is 1. The Morgan fingerprint density at radius 1 is 1.29 bits per heavy atom. The Morgan fingerprint density at radius 2 is 2.05 bits per heavy atom. The highest BCUT2D eigenvalue weighted by Crippen LogP contribution is 2.30. The van der Waals surface area contributed by atoms with Gasteiger partial charge in [-0.3, -0.25) is 4.79 Å². The van der Waals surface area contributed by atoms with Crippen molar-refractivity contribution in [2.45, 2.75) is 6.04 Å². The Bertz CT molecular complexity index is 514. The van der Waals surface area contributed by atoms with Crippen LogP contribution in [0.15, 0.2) is 17.5 Å². The maximum Gasteiger partial charge on any atom is 0.321 e. The Labute approximate surface area is 127 Å². The lowest BCUT2D eigenvalue weighted by Gasteiger charge is -2.41. The average molecular weight is 309 g/mol. The fourth-order valence-corrected chi connectivity index (χ4v) is 3.53. The van der Waals surface area contributed by atoms with Gasteiger partial charge in [0, 0.05) is 38.1 Å². The number of nitrogens with zero attached hydrogens (tertiary/aromatic N) is 3. The first-order chi connectivity index (χ1) is 10.2. The Balaban J connectivity index is 1.84. The van der Waals surface area contributed by atoms with Crippen molar-refractivity contribution in [3.8, 4) is 0 Å². The molecule has 3 heterocycles. The number of ether oxygens (including phenoxy) is 1. The van der Waals surface area contributed by atoms with Crippen LogP contribution in [0.2, 0.25) is 0 Å². The van der Waals surface area contributed by atoms with E-state index in [0.29, 0.717) is 39.4 Å². The fourth-order valence-electron chi connectivity index (χ4n) is 2.70. The first kappa shape index (κ1) is 14.3. The zero-order valence-electron chi connectivity index (χ0n) is 12.0. The largest absolute Gasteiger partial charge is 0.378 e. The van der Waals surface area contributed by atoms with E-state index in [0.717, 1.165) is 4.88 Å². The minimum atomic E-state index is -0.487. The molecule has 2 fully saturated rings. The van der Waals surface area contributed by atoms with E-state index < -0.39 is 6.04 Å². The molecule has 0 bridgehead atoms. The lowest BCUT2D eigenvalue weighted by Crippen LogP contribution is -2.57. The molecule has 0 radical (unpaired) electrons. The predicted molar refractivity (Wildman–Crippen MR) is 79.2 cm³/mol. The molecule has 1 aromatic rings. The molecule has 21 heavy (non-hydrogen) atoms. The summed E-state index contributed by atoms with van der Waals surface area (Å²) in [6, 6.07) is 3.29. The predicted octanol–water partition coefficient (Wildman–Crippen LogP) is 1.02. The Hall–Kier alpha value is -1.60. The molecule has 0 aromatic carbocycles.